The fourth-order valence-corrected chi connectivity index (χ4v) is 1.01. The van der Waals surface area contributed by atoms with Crippen LogP contribution in [0.15, 0.2) is 24.3 Å². The largest absolute Gasteiger partial charge is 0.319 e. The first-order valence-electron chi connectivity index (χ1n) is 3.94. The highest BCUT2D eigenvalue weighted by atomic mass is 19.3. The molecule has 0 amide bonds. The van der Waals surface area contributed by atoms with Crippen molar-refractivity contribution in [3.8, 4) is 0 Å². The van der Waals surface area contributed by atoms with Crippen molar-refractivity contribution in [2.45, 2.75) is 18.9 Å². The minimum Gasteiger partial charge on any atom is -0.319 e. The molecule has 1 rings (SSSR count). The van der Waals surface area contributed by atoms with Gasteiger partial charge in [0.25, 0.3) is 12.9 Å². The summed E-state index contributed by atoms with van der Waals surface area (Å²) in [6.45, 7) is 0. The lowest BCUT2D eigenvalue weighted by Gasteiger charge is -2.10. The van der Waals surface area contributed by atoms with Gasteiger partial charge in [-0.25, -0.2) is 17.6 Å². The molecule has 1 aromatic carbocycles. The highest BCUT2D eigenvalue weighted by Gasteiger charge is 2.17. The first-order valence-corrected chi connectivity index (χ1v) is 3.94. The van der Waals surface area contributed by atoms with E-state index in [1.54, 1.807) is 0 Å². The molecule has 0 bridgehead atoms. The first-order chi connectivity index (χ1) is 6.52. The van der Waals surface area contributed by atoms with E-state index in [1.165, 1.54) is 12.1 Å². The van der Waals surface area contributed by atoms with Crippen molar-refractivity contribution in [1.82, 2.24) is 0 Å². The van der Waals surface area contributed by atoms with Crippen LogP contribution >= 0.6 is 0 Å². The number of alkyl halides is 4. The van der Waals surface area contributed by atoms with Gasteiger partial charge in [-0.05, 0) is 5.56 Å². The van der Waals surface area contributed by atoms with Crippen molar-refractivity contribution >= 4 is 0 Å². The number of nitrogens with two attached hydrogens (primary N) is 1. The van der Waals surface area contributed by atoms with Crippen LogP contribution in [-0.4, -0.2) is 6.43 Å². The molecule has 0 saturated carbocycles. The predicted molar refractivity (Wildman–Crippen MR) is 44.3 cm³/mol. The van der Waals surface area contributed by atoms with Gasteiger partial charge in [-0.15, -0.1) is 0 Å². The Hall–Kier alpha value is -1.10. The van der Waals surface area contributed by atoms with E-state index in [1.807, 2.05) is 0 Å². The molecule has 2 N–H and O–H groups in total. The third-order valence-corrected chi connectivity index (χ3v) is 1.84. The summed E-state index contributed by atoms with van der Waals surface area (Å²) in [5, 5.41) is 0. The topological polar surface area (TPSA) is 26.0 Å². The van der Waals surface area contributed by atoms with Gasteiger partial charge in [0.15, 0.2) is 0 Å². The number of hydrogen-bond donors (Lipinski definition) is 1. The van der Waals surface area contributed by atoms with Gasteiger partial charge in [0.2, 0.25) is 0 Å². The summed E-state index contributed by atoms with van der Waals surface area (Å²) in [7, 11) is 0. The van der Waals surface area contributed by atoms with E-state index in [-0.39, 0.29) is 11.1 Å². The maximum atomic E-state index is 12.1. The summed E-state index contributed by atoms with van der Waals surface area (Å²) in [5.41, 5.74) is 5.08. The summed E-state index contributed by atoms with van der Waals surface area (Å²) >= 11 is 0. The molecular formula is C9H9F4N. The second kappa shape index (κ2) is 4.41. The molecule has 1 atom stereocenters. The molecule has 1 nitrogen and oxygen atoms in total. The third kappa shape index (κ3) is 2.45. The fourth-order valence-electron chi connectivity index (χ4n) is 1.01. The van der Waals surface area contributed by atoms with Crippen molar-refractivity contribution in [1.29, 1.82) is 0 Å². The van der Waals surface area contributed by atoms with Crippen LogP contribution in [0.2, 0.25) is 0 Å². The summed E-state index contributed by atoms with van der Waals surface area (Å²) in [6.07, 6.45) is -5.28. The molecule has 1 unspecified atom stereocenters. The minimum absolute atomic E-state index is 0.157. The Labute approximate surface area is 78.5 Å². The van der Waals surface area contributed by atoms with Gasteiger partial charge in [-0.1, -0.05) is 24.3 Å². The molecule has 0 radical (unpaired) electrons. The quantitative estimate of drug-likeness (QED) is 0.757. The monoisotopic (exact) mass is 207 g/mol. The first kappa shape index (κ1) is 11.0. The second-order valence-electron chi connectivity index (χ2n) is 2.83. The van der Waals surface area contributed by atoms with E-state index in [0.29, 0.717) is 0 Å². The lowest BCUT2D eigenvalue weighted by atomic mass is 10.1. The van der Waals surface area contributed by atoms with Gasteiger partial charge in [0.1, 0.15) is 0 Å². The summed E-state index contributed by atoms with van der Waals surface area (Å²) in [6, 6.07) is 3.17. The predicted octanol–water partition coefficient (Wildman–Crippen LogP) is 2.89. The molecule has 0 aliphatic heterocycles. The Balaban J connectivity index is 2.83. The van der Waals surface area contributed by atoms with Gasteiger partial charge in [0, 0.05) is 5.56 Å². The van der Waals surface area contributed by atoms with Crippen LogP contribution in [0.1, 0.15) is 23.6 Å². The number of halogens is 4. The van der Waals surface area contributed by atoms with E-state index in [2.05, 4.69) is 0 Å². The molecule has 0 heterocycles. The average Bonchev–Trinajstić information content (AvgIpc) is 2.16. The number of hydrogen-bond acceptors (Lipinski definition) is 1. The van der Waals surface area contributed by atoms with Crippen molar-refractivity contribution in [2.75, 3.05) is 0 Å². The van der Waals surface area contributed by atoms with Crippen LogP contribution < -0.4 is 5.73 Å². The maximum Gasteiger partial charge on any atom is 0.263 e. The SMILES string of the molecule is NC(c1ccc(C(F)F)cc1)C(F)F. The Kier molecular flexibility index (Phi) is 3.46. The molecule has 5 heteroatoms. The molecule has 0 aromatic heterocycles. The molecule has 0 aliphatic carbocycles. The number of rotatable bonds is 3. The summed E-state index contributed by atoms with van der Waals surface area (Å²) in [5.74, 6) is 0. The zero-order valence-corrected chi connectivity index (χ0v) is 7.13. The molecule has 0 fully saturated rings. The van der Waals surface area contributed by atoms with Gasteiger partial charge in [-0.2, -0.15) is 0 Å². The van der Waals surface area contributed by atoms with Crippen LogP contribution in [-0.2, 0) is 0 Å². The summed E-state index contributed by atoms with van der Waals surface area (Å²) in [4.78, 5) is 0. The Morgan fingerprint density at radius 3 is 1.64 bits per heavy atom. The normalized spacial score (nSPS) is 13.6. The number of benzene rings is 1. The van der Waals surface area contributed by atoms with Crippen LogP contribution in [0.25, 0.3) is 0 Å². The maximum absolute atomic E-state index is 12.1. The van der Waals surface area contributed by atoms with Crippen molar-refractivity contribution in [2.24, 2.45) is 5.73 Å². The lowest BCUT2D eigenvalue weighted by Crippen LogP contribution is -2.18. The van der Waals surface area contributed by atoms with Crippen LogP contribution in [0.4, 0.5) is 17.6 Å². The van der Waals surface area contributed by atoms with Crippen molar-refractivity contribution in [3.63, 3.8) is 0 Å². The van der Waals surface area contributed by atoms with Crippen molar-refractivity contribution < 1.29 is 17.6 Å². The smallest absolute Gasteiger partial charge is 0.263 e. The summed E-state index contributed by atoms with van der Waals surface area (Å²) < 4.78 is 48.4. The molecule has 1 aromatic rings. The lowest BCUT2D eigenvalue weighted by molar-refractivity contribution is 0.116. The second-order valence-corrected chi connectivity index (χ2v) is 2.83. The Bertz CT molecular complexity index is 283. The minimum atomic E-state index is -2.69. The molecule has 0 saturated heterocycles. The molecule has 14 heavy (non-hydrogen) atoms. The standard InChI is InChI=1S/C9H9F4N/c10-8(11)6-3-1-5(2-4-6)7(14)9(12)13/h1-4,7-9H,14H2. The molecule has 78 valence electrons. The van der Waals surface area contributed by atoms with Crippen LogP contribution in [0.5, 0.6) is 0 Å². The van der Waals surface area contributed by atoms with Crippen LogP contribution in [0.3, 0.4) is 0 Å². The average molecular weight is 207 g/mol. The molecular weight excluding hydrogens is 198 g/mol. The van der Waals surface area contributed by atoms with Crippen LogP contribution in [0, 0.1) is 0 Å². The Morgan fingerprint density at radius 1 is 0.857 bits per heavy atom. The van der Waals surface area contributed by atoms with Gasteiger partial charge >= 0.3 is 0 Å². The highest BCUT2D eigenvalue weighted by Crippen LogP contribution is 2.22. The van der Waals surface area contributed by atoms with E-state index in [9.17, 15) is 17.6 Å². The van der Waals surface area contributed by atoms with E-state index in [0.717, 1.165) is 12.1 Å². The van der Waals surface area contributed by atoms with E-state index in [4.69, 9.17) is 5.73 Å². The highest BCUT2D eigenvalue weighted by molar-refractivity contribution is 5.25. The third-order valence-electron chi connectivity index (χ3n) is 1.84. The van der Waals surface area contributed by atoms with Gasteiger partial charge in [0.05, 0.1) is 6.04 Å². The van der Waals surface area contributed by atoms with E-state index < -0.39 is 18.9 Å². The van der Waals surface area contributed by atoms with Crippen molar-refractivity contribution in [3.05, 3.63) is 35.4 Å². The fraction of sp³-hybridized carbons (Fsp3) is 0.333. The van der Waals surface area contributed by atoms with Gasteiger partial charge < -0.3 is 5.73 Å². The zero-order chi connectivity index (χ0) is 10.7. The van der Waals surface area contributed by atoms with Gasteiger partial charge in [-0.3, -0.25) is 0 Å². The Morgan fingerprint density at radius 2 is 1.29 bits per heavy atom. The molecule has 0 spiro atoms. The van der Waals surface area contributed by atoms with E-state index >= 15 is 0 Å². The zero-order valence-electron chi connectivity index (χ0n) is 7.13. The molecule has 0 aliphatic rings.